The summed E-state index contributed by atoms with van der Waals surface area (Å²) in [5.41, 5.74) is 2.34. The lowest BCUT2D eigenvalue weighted by Crippen LogP contribution is -2.58. The van der Waals surface area contributed by atoms with Gasteiger partial charge in [-0.25, -0.2) is 0 Å². The third-order valence-corrected chi connectivity index (χ3v) is 11.7. The summed E-state index contributed by atoms with van der Waals surface area (Å²) < 4.78 is 0. The summed E-state index contributed by atoms with van der Waals surface area (Å²) in [5.74, 6) is -0.603. The quantitative estimate of drug-likeness (QED) is 0.406. The molecular weight excluding hydrogens is 424 g/mol. The highest BCUT2D eigenvalue weighted by molar-refractivity contribution is 5.71. The van der Waals surface area contributed by atoms with Gasteiger partial charge in [0.05, 0.1) is 18.1 Å². The largest absolute Gasteiger partial charge is 0.481 e. The monoisotopic (exact) mass is 472 g/mol. The molecule has 0 aromatic heterocycles. The standard InChI is InChI=1S/C30H48O4/c1-18(2)9-8-10-19(26(33)34)25-22(31)17-30(7)21-11-12-23-27(3,4)24(32)14-15-28(23,5)20(21)13-16-29(25,30)6/h9,11,19-20,22-25,31-32H,8,10,12-17H2,1-7H3,(H,33,34)/t19?,20-,22-,23-,24-,25+,28+,29-,30+/m0/s1. The van der Waals surface area contributed by atoms with Crippen LogP contribution >= 0.6 is 0 Å². The van der Waals surface area contributed by atoms with E-state index < -0.39 is 18.0 Å². The van der Waals surface area contributed by atoms with Crippen LogP contribution in [0.3, 0.4) is 0 Å². The van der Waals surface area contributed by atoms with Crippen molar-refractivity contribution >= 4 is 5.97 Å². The molecule has 9 atom stereocenters. The predicted octanol–water partition coefficient (Wildman–Crippen LogP) is 6.37. The zero-order valence-electron chi connectivity index (χ0n) is 22.5. The van der Waals surface area contributed by atoms with E-state index in [1.807, 2.05) is 0 Å². The van der Waals surface area contributed by atoms with Gasteiger partial charge in [-0.1, -0.05) is 57.9 Å². The molecule has 3 saturated carbocycles. The first-order valence-electron chi connectivity index (χ1n) is 13.6. The van der Waals surface area contributed by atoms with E-state index in [2.05, 4.69) is 60.6 Å². The van der Waals surface area contributed by atoms with Crippen molar-refractivity contribution in [3.8, 4) is 0 Å². The number of carbonyl (C=O) groups is 1. The second-order valence-electron chi connectivity index (χ2n) is 13.8. The third-order valence-electron chi connectivity index (χ3n) is 11.7. The zero-order valence-corrected chi connectivity index (χ0v) is 22.5. The SMILES string of the molecule is CC(C)=CCCC(C(=O)O)[C@@H]1[C@@H](O)C[C@]2(C)C3=CC[C@H]4C(C)(C)[C@@H](O)CC[C@]4(C)[C@H]3CC[C@@]12C. The molecule has 4 rings (SSSR count). The first-order chi connectivity index (χ1) is 15.7. The molecule has 0 bridgehead atoms. The van der Waals surface area contributed by atoms with Crippen molar-refractivity contribution in [2.45, 2.75) is 112 Å². The minimum absolute atomic E-state index is 0.103. The molecule has 1 unspecified atom stereocenters. The van der Waals surface area contributed by atoms with E-state index in [-0.39, 0.29) is 33.7 Å². The van der Waals surface area contributed by atoms with Crippen molar-refractivity contribution in [2.75, 3.05) is 0 Å². The smallest absolute Gasteiger partial charge is 0.306 e. The number of rotatable bonds is 5. The Bertz CT molecular complexity index is 882. The lowest BCUT2D eigenvalue weighted by molar-refractivity contribution is -0.151. The molecule has 4 nitrogen and oxygen atoms in total. The number of allylic oxidation sites excluding steroid dienone is 4. The van der Waals surface area contributed by atoms with Gasteiger partial charge in [0, 0.05) is 5.92 Å². The minimum atomic E-state index is -0.758. The van der Waals surface area contributed by atoms with E-state index in [0.29, 0.717) is 24.7 Å². The van der Waals surface area contributed by atoms with Crippen LogP contribution in [0.15, 0.2) is 23.3 Å². The fourth-order valence-corrected chi connectivity index (χ4v) is 9.53. The minimum Gasteiger partial charge on any atom is -0.481 e. The van der Waals surface area contributed by atoms with Crippen LogP contribution < -0.4 is 0 Å². The summed E-state index contributed by atoms with van der Waals surface area (Å²) in [5, 5.41) is 32.5. The average Bonchev–Trinajstić information content (AvgIpc) is 2.94. The number of aliphatic hydroxyl groups excluding tert-OH is 2. The topological polar surface area (TPSA) is 77.8 Å². The highest BCUT2D eigenvalue weighted by Crippen LogP contribution is 2.73. The van der Waals surface area contributed by atoms with E-state index in [1.165, 1.54) is 11.1 Å². The fourth-order valence-electron chi connectivity index (χ4n) is 9.53. The molecule has 3 N–H and O–H groups in total. The van der Waals surface area contributed by atoms with Gasteiger partial charge in [-0.2, -0.15) is 0 Å². The summed E-state index contributed by atoms with van der Waals surface area (Å²) in [4.78, 5) is 12.5. The number of fused-ring (bicyclic) bond motifs is 5. The van der Waals surface area contributed by atoms with Crippen LogP contribution in [0.2, 0.25) is 0 Å². The van der Waals surface area contributed by atoms with Crippen LogP contribution in [0, 0.1) is 45.3 Å². The summed E-state index contributed by atoms with van der Waals surface area (Å²) in [6.07, 6.45) is 10.6. The molecule has 192 valence electrons. The van der Waals surface area contributed by atoms with Crippen molar-refractivity contribution < 1.29 is 20.1 Å². The molecule has 4 aliphatic carbocycles. The van der Waals surface area contributed by atoms with Crippen LogP contribution in [-0.2, 0) is 4.79 Å². The van der Waals surface area contributed by atoms with E-state index >= 15 is 0 Å². The van der Waals surface area contributed by atoms with Gasteiger partial charge in [-0.05, 0) is 98.7 Å². The highest BCUT2D eigenvalue weighted by Gasteiger charge is 2.68. The Morgan fingerprint density at radius 3 is 2.41 bits per heavy atom. The molecule has 0 spiro atoms. The molecule has 3 fully saturated rings. The molecule has 0 aliphatic heterocycles. The molecule has 34 heavy (non-hydrogen) atoms. The summed E-state index contributed by atoms with van der Waals surface area (Å²) in [6, 6.07) is 0. The number of aliphatic carboxylic acids is 1. The Balaban J connectivity index is 1.71. The predicted molar refractivity (Wildman–Crippen MR) is 136 cm³/mol. The van der Waals surface area contributed by atoms with Crippen LogP contribution in [0.5, 0.6) is 0 Å². The molecule has 0 aromatic carbocycles. The Labute approximate surface area is 206 Å². The Morgan fingerprint density at radius 1 is 1.12 bits per heavy atom. The maximum absolute atomic E-state index is 12.5. The van der Waals surface area contributed by atoms with Gasteiger partial charge in [0.2, 0.25) is 0 Å². The Kier molecular flexibility index (Phi) is 6.47. The number of carboxylic acids is 1. The maximum atomic E-state index is 12.5. The Hall–Kier alpha value is -1.13. The van der Waals surface area contributed by atoms with Crippen LogP contribution in [0.4, 0.5) is 0 Å². The Morgan fingerprint density at radius 2 is 1.79 bits per heavy atom. The van der Waals surface area contributed by atoms with E-state index in [4.69, 9.17) is 0 Å². The molecule has 4 heteroatoms. The molecular formula is C30H48O4. The van der Waals surface area contributed by atoms with Gasteiger partial charge in [-0.15, -0.1) is 0 Å². The van der Waals surface area contributed by atoms with Crippen molar-refractivity contribution in [3.63, 3.8) is 0 Å². The van der Waals surface area contributed by atoms with Crippen molar-refractivity contribution in [3.05, 3.63) is 23.3 Å². The number of aliphatic hydroxyl groups is 2. The molecule has 0 radical (unpaired) electrons. The highest BCUT2D eigenvalue weighted by atomic mass is 16.4. The van der Waals surface area contributed by atoms with Crippen LogP contribution in [-0.4, -0.2) is 33.5 Å². The maximum Gasteiger partial charge on any atom is 0.306 e. The lowest BCUT2D eigenvalue weighted by atomic mass is 9.41. The molecule has 4 aliphatic rings. The van der Waals surface area contributed by atoms with Crippen molar-refractivity contribution in [1.82, 2.24) is 0 Å². The van der Waals surface area contributed by atoms with E-state index in [0.717, 1.165) is 38.5 Å². The lowest BCUT2D eigenvalue weighted by Gasteiger charge is -2.64. The first-order valence-corrected chi connectivity index (χ1v) is 13.6. The van der Waals surface area contributed by atoms with Crippen LogP contribution in [0.25, 0.3) is 0 Å². The molecule has 0 saturated heterocycles. The third kappa shape index (κ3) is 3.57. The van der Waals surface area contributed by atoms with Gasteiger partial charge in [0.15, 0.2) is 0 Å². The van der Waals surface area contributed by atoms with Crippen LogP contribution in [0.1, 0.15) is 99.8 Å². The van der Waals surface area contributed by atoms with E-state index in [9.17, 15) is 20.1 Å². The normalized spacial score (nSPS) is 45.9. The fraction of sp³-hybridized carbons (Fsp3) is 0.833. The average molecular weight is 473 g/mol. The zero-order chi connectivity index (χ0) is 25.3. The molecule has 0 amide bonds. The van der Waals surface area contributed by atoms with Gasteiger partial charge < -0.3 is 15.3 Å². The summed E-state index contributed by atoms with van der Waals surface area (Å²) >= 11 is 0. The van der Waals surface area contributed by atoms with Crippen molar-refractivity contribution in [2.24, 2.45) is 45.3 Å². The second kappa shape index (κ2) is 8.47. The first kappa shape index (κ1) is 25.9. The number of hydrogen-bond acceptors (Lipinski definition) is 3. The summed E-state index contributed by atoms with van der Waals surface area (Å²) in [6.45, 7) is 15.7. The second-order valence-corrected chi connectivity index (χ2v) is 13.8. The van der Waals surface area contributed by atoms with Gasteiger partial charge in [0.25, 0.3) is 0 Å². The van der Waals surface area contributed by atoms with Crippen molar-refractivity contribution in [1.29, 1.82) is 0 Å². The molecule has 0 heterocycles. The summed E-state index contributed by atoms with van der Waals surface area (Å²) in [7, 11) is 0. The van der Waals surface area contributed by atoms with Gasteiger partial charge >= 0.3 is 5.97 Å². The number of carboxylic acid groups (broad SMARTS) is 1. The van der Waals surface area contributed by atoms with E-state index in [1.54, 1.807) is 0 Å². The molecule has 0 aromatic rings. The van der Waals surface area contributed by atoms with Gasteiger partial charge in [0.1, 0.15) is 0 Å². The van der Waals surface area contributed by atoms with Gasteiger partial charge in [-0.3, -0.25) is 4.79 Å². The number of hydrogen-bond donors (Lipinski definition) is 3.